The van der Waals surface area contributed by atoms with Crippen molar-refractivity contribution in [2.75, 3.05) is 14.1 Å². The fraction of sp³-hybridized carbons (Fsp3) is 0.333. The van der Waals surface area contributed by atoms with Crippen LogP contribution in [0.1, 0.15) is 42.4 Å². The number of rotatable bonds is 9. The van der Waals surface area contributed by atoms with Gasteiger partial charge in [-0.15, -0.1) is 10.2 Å². The highest BCUT2D eigenvalue weighted by atomic mass is 32.1. The summed E-state index contributed by atoms with van der Waals surface area (Å²) in [5.41, 5.74) is 5.41. The number of aromatic amines is 1. The van der Waals surface area contributed by atoms with Crippen molar-refractivity contribution < 1.29 is 16.4 Å². The van der Waals surface area contributed by atoms with E-state index in [9.17, 15) is 4.79 Å². The molecular weight excluding hydrogens is 518 g/mol. The molecule has 0 bridgehead atoms. The summed E-state index contributed by atoms with van der Waals surface area (Å²) in [5, 5.41) is 14.5. The number of unbranched alkanes of at least 4 members (excludes halogenated alkanes) is 1. The van der Waals surface area contributed by atoms with Gasteiger partial charge in [0.05, 0.1) is 11.5 Å². The summed E-state index contributed by atoms with van der Waals surface area (Å²) in [5.74, 6) is 1.38. The van der Waals surface area contributed by atoms with Crippen LogP contribution in [0.15, 0.2) is 53.3 Å². The largest absolute Gasteiger partial charge is 0.412 e. The fourth-order valence-corrected chi connectivity index (χ4v) is 4.28. The molecule has 0 aliphatic carbocycles. The lowest BCUT2D eigenvalue weighted by Gasteiger charge is -2.18. The maximum absolute atomic E-state index is 13.6. The molecule has 0 aliphatic rings. The van der Waals surface area contributed by atoms with E-state index in [2.05, 4.69) is 51.8 Å². The number of hydrogen-bond acceptors (Lipinski definition) is 6. The van der Waals surface area contributed by atoms with Crippen LogP contribution < -0.4 is 5.56 Å². The van der Waals surface area contributed by atoms with Crippen molar-refractivity contribution in [2.45, 2.75) is 46.1 Å². The van der Waals surface area contributed by atoms with Crippen molar-refractivity contribution in [3.8, 4) is 22.5 Å². The first-order chi connectivity index (χ1) is 17.4. The highest BCUT2D eigenvalue weighted by Crippen LogP contribution is 2.29. The minimum Gasteiger partial charge on any atom is -0.412 e. The normalized spacial score (nSPS) is 10.2. The molecule has 0 spiro atoms. The first kappa shape index (κ1) is 33.2. The average molecular weight is 556 g/mol. The van der Waals surface area contributed by atoms with E-state index in [4.69, 9.17) is 17.2 Å². The SMILES string of the molecule is CCCCc1nc(C)c(CC(=S)N(C)C)c(=O)n1Cc1ccc(-c2ccccc2-c2nn[nH]n2)cc1.O.O.O. The van der Waals surface area contributed by atoms with Crippen LogP contribution in [-0.2, 0) is 19.4 Å². The molecule has 0 unspecified atom stereocenters. The quantitative estimate of drug-likeness (QED) is 0.304. The molecule has 39 heavy (non-hydrogen) atoms. The van der Waals surface area contributed by atoms with E-state index in [1.165, 1.54) is 0 Å². The highest BCUT2D eigenvalue weighted by molar-refractivity contribution is 7.80. The monoisotopic (exact) mass is 555 g/mol. The number of thiocarbonyl (C=S) groups is 1. The van der Waals surface area contributed by atoms with Crippen LogP contribution in [0.3, 0.4) is 0 Å². The molecule has 11 nitrogen and oxygen atoms in total. The van der Waals surface area contributed by atoms with E-state index >= 15 is 0 Å². The first-order valence-electron chi connectivity index (χ1n) is 12.1. The second-order valence-electron chi connectivity index (χ2n) is 9.03. The van der Waals surface area contributed by atoms with E-state index in [-0.39, 0.29) is 22.0 Å². The van der Waals surface area contributed by atoms with Crippen LogP contribution in [0, 0.1) is 6.92 Å². The summed E-state index contributed by atoms with van der Waals surface area (Å²) in [6.45, 7) is 4.51. The second-order valence-corrected chi connectivity index (χ2v) is 9.50. The molecule has 0 atom stereocenters. The number of nitrogens with zero attached hydrogens (tertiary/aromatic N) is 6. The Kier molecular flexibility index (Phi) is 12.7. The van der Waals surface area contributed by atoms with Crippen molar-refractivity contribution in [3.63, 3.8) is 0 Å². The van der Waals surface area contributed by atoms with E-state index < -0.39 is 0 Å². The number of aromatic nitrogens is 6. The van der Waals surface area contributed by atoms with Crippen molar-refractivity contribution in [1.82, 2.24) is 35.1 Å². The van der Waals surface area contributed by atoms with Crippen molar-refractivity contribution in [3.05, 3.63) is 81.5 Å². The topological polar surface area (TPSA) is 187 Å². The first-order valence-corrected chi connectivity index (χ1v) is 12.5. The number of aryl methyl sites for hydroxylation is 2. The molecule has 0 radical (unpaired) electrons. The van der Waals surface area contributed by atoms with Crippen molar-refractivity contribution in [1.29, 1.82) is 0 Å². The Hall–Kier alpha value is -3.84. The highest BCUT2D eigenvalue weighted by Gasteiger charge is 2.17. The third-order valence-electron chi connectivity index (χ3n) is 6.25. The van der Waals surface area contributed by atoms with Gasteiger partial charge < -0.3 is 21.3 Å². The van der Waals surface area contributed by atoms with Crippen molar-refractivity contribution in [2.24, 2.45) is 0 Å². The van der Waals surface area contributed by atoms with E-state index in [1.807, 2.05) is 54.8 Å². The van der Waals surface area contributed by atoms with Crippen molar-refractivity contribution >= 4 is 17.2 Å². The van der Waals surface area contributed by atoms with Crippen LogP contribution in [0.4, 0.5) is 0 Å². The predicted molar refractivity (Wildman–Crippen MR) is 157 cm³/mol. The molecule has 2 aromatic heterocycles. The predicted octanol–water partition coefficient (Wildman–Crippen LogP) is 1.75. The molecule has 7 N–H and O–H groups in total. The Balaban J connectivity index is 0.00000253. The number of tetrazole rings is 1. The van der Waals surface area contributed by atoms with Gasteiger partial charge in [0.25, 0.3) is 5.56 Å². The third-order valence-corrected chi connectivity index (χ3v) is 6.76. The summed E-state index contributed by atoms with van der Waals surface area (Å²) in [6, 6.07) is 16.2. The van der Waals surface area contributed by atoms with Gasteiger partial charge in [0.1, 0.15) is 5.82 Å². The summed E-state index contributed by atoms with van der Waals surface area (Å²) in [7, 11) is 3.80. The van der Waals surface area contributed by atoms with Gasteiger partial charge >= 0.3 is 0 Å². The molecule has 0 saturated heterocycles. The van der Waals surface area contributed by atoms with E-state index in [0.29, 0.717) is 24.4 Å². The molecule has 0 amide bonds. The molecule has 0 fully saturated rings. The smallest absolute Gasteiger partial charge is 0.257 e. The Bertz CT molecular complexity index is 1400. The Morgan fingerprint density at radius 2 is 1.69 bits per heavy atom. The Morgan fingerprint density at radius 1 is 1.03 bits per heavy atom. The fourth-order valence-electron chi connectivity index (χ4n) is 4.14. The summed E-state index contributed by atoms with van der Waals surface area (Å²) in [4.78, 5) is 21.1. The molecule has 210 valence electrons. The minimum atomic E-state index is -0.00988. The van der Waals surface area contributed by atoms with Crippen LogP contribution in [0.5, 0.6) is 0 Å². The Labute approximate surface area is 232 Å². The van der Waals surface area contributed by atoms with Gasteiger partial charge in [-0.1, -0.05) is 74.1 Å². The van der Waals surface area contributed by atoms with Gasteiger partial charge in [-0.3, -0.25) is 9.36 Å². The number of hydrogen-bond donors (Lipinski definition) is 1. The van der Waals surface area contributed by atoms with Gasteiger partial charge in [0.2, 0.25) is 5.82 Å². The van der Waals surface area contributed by atoms with E-state index in [0.717, 1.165) is 58.0 Å². The standard InChI is InChI=1S/C27H31N7OS.3H2O/c1-5-6-11-24-28-18(2)23(16-25(36)33(3)4)27(35)34(24)17-19-12-14-20(15-13-19)21-9-7-8-10-22(21)26-29-31-32-30-26;;;/h7-10,12-15H,5-6,11,16-17H2,1-4H3,(H,29,30,31,32);3*1H2. The van der Waals surface area contributed by atoms with Crippen LogP contribution in [0.2, 0.25) is 0 Å². The van der Waals surface area contributed by atoms with E-state index in [1.54, 1.807) is 0 Å². The summed E-state index contributed by atoms with van der Waals surface area (Å²) in [6.07, 6.45) is 3.20. The van der Waals surface area contributed by atoms with Crippen LogP contribution in [-0.4, -0.2) is 70.6 Å². The molecule has 2 aromatic carbocycles. The van der Waals surface area contributed by atoms with Crippen LogP contribution >= 0.6 is 12.2 Å². The zero-order chi connectivity index (χ0) is 25.7. The van der Waals surface area contributed by atoms with Gasteiger partial charge in [-0.25, -0.2) is 4.98 Å². The Morgan fingerprint density at radius 3 is 2.28 bits per heavy atom. The second kappa shape index (κ2) is 14.9. The summed E-state index contributed by atoms with van der Waals surface area (Å²) < 4.78 is 1.82. The summed E-state index contributed by atoms with van der Waals surface area (Å²) >= 11 is 5.49. The third kappa shape index (κ3) is 7.60. The van der Waals surface area contributed by atoms with Gasteiger partial charge in [0.15, 0.2) is 0 Å². The lowest BCUT2D eigenvalue weighted by molar-refractivity contribution is 0.610. The van der Waals surface area contributed by atoms with Gasteiger partial charge in [-0.05, 0) is 35.2 Å². The molecule has 4 aromatic rings. The molecule has 2 heterocycles. The lowest BCUT2D eigenvalue weighted by atomic mass is 9.98. The molecule has 0 aliphatic heterocycles. The number of benzene rings is 2. The number of nitrogens with one attached hydrogen (secondary N) is 1. The molecular formula is C27H37N7O4S. The maximum atomic E-state index is 13.6. The number of likely N-dealkylation sites (N-methyl/N-ethyl adjacent to an activating group) is 1. The average Bonchev–Trinajstić information content (AvgIpc) is 3.42. The maximum Gasteiger partial charge on any atom is 0.257 e. The lowest BCUT2D eigenvalue weighted by Crippen LogP contribution is -2.33. The zero-order valence-electron chi connectivity index (χ0n) is 22.7. The molecule has 12 heteroatoms. The van der Waals surface area contributed by atoms with Gasteiger partial charge in [-0.2, -0.15) is 5.21 Å². The van der Waals surface area contributed by atoms with Gasteiger partial charge in [0, 0.05) is 43.8 Å². The zero-order valence-corrected chi connectivity index (χ0v) is 23.5. The molecule has 0 saturated carbocycles. The van der Waals surface area contributed by atoms with Crippen LogP contribution in [0.25, 0.3) is 22.5 Å². The number of H-pyrrole nitrogens is 1. The molecule has 4 rings (SSSR count). The minimum absolute atomic E-state index is 0.